The van der Waals surface area contributed by atoms with E-state index in [9.17, 15) is 9.59 Å². The van der Waals surface area contributed by atoms with Crippen LogP contribution in [0, 0.1) is 0 Å². The molecule has 0 fully saturated rings. The molecule has 2 amide bonds. The van der Waals surface area contributed by atoms with E-state index in [1.54, 1.807) is 18.2 Å². The maximum Gasteiger partial charge on any atom is 0.276 e. The van der Waals surface area contributed by atoms with Gasteiger partial charge in [-0.3, -0.25) is 25.8 Å². The van der Waals surface area contributed by atoms with Crippen LogP contribution in [0.1, 0.15) is 42.1 Å². The summed E-state index contributed by atoms with van der Waals surface area (Å²) >= 11 is 10.9. The van der Waals surface area contributed by atoms with Crippen LogP contribution < -0.4 is 20.9 Å². The SMILES string of the molecule is CCC(C)c1ccccc1OCC(=O)NNC(=S)NC(=O)c1cccc(Cl)c1. The summed E-state index contributed by atoms with van der Waals surface area (Å²) in [6, 6.07) is 14.1. The molecule has 0 saturated carbocycles. The molecule has 6 nitrogen and oxygen atoms in total. The Morgan fingerprint density at radius 1 is 1.14 bits per heavy atom. The molecule has 0 heterocycles. The highest BCUT2D eigenvalue weighted by Crippen LogP contribution is 2.28. The highest BCUT2D eigenvalue weighted by Gasteiger charge is 2.12. The first kappa shape index (κ1) is 21.7. The molecule has 0 spiro atoms. The molecule has 0 radical (unpaired) electrons. The lowest BCUT2D eigenvalue weighted by atomic mass is 9.98. The standard InChI is InChI=1S/C20H22ClN3O3S/c1-3-13(2)16-9-4-5-10-17(16)27-12-18(25)23-24-20(28)22-19(26)14-7-6-8-15(21)11-14/h4-11,13H,3,12H2,1-2H3,(H,23,25)(H2,22,24,26,28). The van der Waals surface area contributed by atoms with Gasteiger partial charge in [0, 0.05) is 10.6 Å². The summed E-state index contributed by atoms with van der Waals surface area (Å²) in [5.74, 6) is 0.127. The van der Waals surface area contributed by atoms with Gasteiger partial charge >= 0.3 is 0 Å². The molecule has 0 aliphatic rings. The largest absolute Gasteiger partial charge is 0.483 e. The number of amides is 2. The molecule has 0 aromatic heterocycles. The van der Waals surface area contributed by atoms with Crippen molar-refractivity contribution in [2.24, 2.45) is 0 Å². The highest BCUT2D eigenvalue weighted by molar-refractivity contribution is 7.80. The molecule has 0 bridgehead atoms. The molecule has 2 aromatic carbocycles. The van der Waals surface area contributed by atoms with E-state index in [0.717, 1.165) is 12.0 Å². The minimum absolute atomic E-state index is 0.0432. The van der Waals surface area contributed by atoms with E-state index in [2.05, 4.69) is 30.0 Å². The van der Waals surface area contributed by atoms with Crippen molar-refractivity contribution >= 4 is 40.7 Å². The van der Waals surface area contributed by atoms with Crippen molar-refractivity contribution in [1.29, 1.82) is 0 Å². The summed E-state index contributed by atoms with van der Waals surface area (Å²) in [6.45, 7) is 4.01. The first-order chi connectivity index (χ1) is 13.4. The predicted molar refractivity (Wildman–Crippen MR) is 113 cm³/mol. The number of carbonyl (C=O) groups is 2. The molecular formula is C20H22ClN3O3S. The zero-order valence-corrected chi connectivity index (χ0v) is 17.2. The molecule has 0 aliphatic heterocycles. The second kappa shape index (κ2) is 10.6. The lowest BCUT2D eigenvalue weighted by Gasteiger charge is -2.16. The van der Waals surface area contributed by atoms with Gasteiger partial charge < -0.3 is 4.74 Å². The number of hydrogen-bond donors (Lipinski definition) is 3. The summed E-state index contributed by atoms with van der Waals surface area (Å²) in [7, 11) is 0. The lowest BCUT2D eigenvalue weighted by molar-refractivity contribution is -0.123. The quantitative estimate of drug-likeness (QED) is 0.492. The Morgan fingerprint density at radius 2 is 1.89 bits per heavy atom. The number of ether oxygens (including phenoxy) is 1. The Kier molecular flexibility index (Phi) is 8.22. The van der Waals surface area contributed by atoms with Gasteiger partial charge in [-0.05, 0) is 54.4 Å². The monoisotopic (exact) mass is 419 g/mol. The van der Waals surface area contributed by atoms with E-state index >= 15 is 0 Å². The fourth-order valence-electron chi connectivity index (χ4n) is 2.38. The Hall–Kier alpha value is -2.64. The molecule has 1 unspecified atom stereocenters. The zero-order chi connectivity index (χ0) is 20.5. The van der Waals surface area contributed by atoms with E-state index < -0.39 is 11.8 Å². The van der Waals surface area contributed by atoms with Gasteiger partial charge in [0.25, 0.3) is 11.8 Å². The number of hydrogen-bond acceptors (Lipinski definition) is 4. The van der Waals surface area contributed by atoms with E-state index in [4.69, 9.17) is 28.6 Å². The number of nitrogens with one attached hydrogen (secondary N) is 3. The second-order valence-electron chi connectivity index (χ2n) is 6.10. The highest BCUT2D eigenvalue weighted by atomic mass is 35.5. The minimum atomic E-state index is -0.437. The first-order valence-electron chi connectivity index (χ1n) is 8.78. The van der Waals surface area contributed by atoms with Crippen LogP contribution in [0.25, 0.3) is 0 Å². The molecule has 2 aromatic rings. The summed E-state index contributed by atoms with van der Waals surface area (Å²) in [6.07, 6.45) is 0.967. The maximum atomic E-state index is 12.1. The van der Waals surface area contributed by atoms with Crippen LogP contribution in [-0.2, 0) is 4.79 Å². The van der Waals surface area contributed by atoms with Crippen molar-refractivity contribution < 1.29 is 14.3 Å². The van der Waals surface area contributed by atoms with Crippen LogP contribution in [0.4, 0.5) is 0 Å². The number of rotatable bonds is 6. The van der Waals surface area contributed by atoms with Gasteiger partial charge in [0.2, 0.25) is 0 Å². The van der Waals surface area contributed by atoms with Crippen molar-refractivity contribution in [2.45, 2.75) is 26.2 Å². The predicted octanol–water partition coefficient (Wildman–Crippen LogP) is 3.57. The van der Waals surface area contributed by atoms with E-state index in [-0.39, 0.29) is 11.7 Å². The number of halogens is 1. The van der Waals surface area contributed by atoms with Crippen LogP contribution in [0.3, 0.4) is 0 Å². The maximum absolute atomic E-state index is 12.1. The third-order valence-electron chi connectivity index (χ3n) is 4.05. The summed E-state index contributed by atoms with van der Waals surface area (Å²) in [5.41, 5.74) is 6.26. The minimum Gasteiger partial charge on any atom is -0.483 e. The molecule has 148 valence electrons. The third kappa shape index (κ3) is 6.51. The summed E-state index contributed by atoms with van der Waals surface area (Å²) in [4.78, 5) is 24.0. The Morgan fingerprint density at radius 3 is 2.61 bits per heavy atom. The first-order valence-corrected chi connectivity index (χ1v) is 9.56. The van der Waals surface area contributed by atoms with Crippen molar-refractivity contribution in [1.82, 2.24) is 16.2 Å². The van der Waals surface area contributed by atoms with Gasteiger partial charge in [0.05, 0.1) is 0 Å². The van der Waals surface area contributed by atoms with Crippen LogP contribution >= 0.6 is 23.8 Å². The fourth-order valence-corrected chi connectivity index (χ4v) is 2.72. The smallest absolute Gasteiger partial charge is 0.276 e. The van der Waals surface area contributed by atoms with Crippen molar-refractivity contribution in [2.75, 3.05) is 6.61 Å². The van der Waals surface area contributed by atoms with Crippen molar-refractivity contribution in [3.63, 3.8) is 0 Å². The molecule has 1 atom stereocenters. The summed E-state index contributed by atoms with van der Waals surface area (Å²) < 4.78 is 5.62. The molecular weight excluding hydrogens is 398 g/mol. The Bertz CT molecular complexity index is 860. The van der Waals surface area contributed by atoms with Gasteiger partial charge in [-0.15, -0.1) is 0 Å². The number of benzene rings is 2. The molecule has 28 heavy (non-hydrogen) atoms. The topological polar surface area (TPSA) is 79.5 Å². The van der Waals surface area contributed by atoms with Gasteiger partial charge in [0.15, 0.2) is 11.7 Å². The van der Waals surface area contributed by atoms with Gasteiger partial charge in [-0.2, -0.15) is 0 Å². The molecule has 0 aliphatic carbocycles. The van der Waals surface area contributed by atoms with Gasteiger partial charge in [-0.25, -0.2) is 0 Å². The van der Waals surface area contributed by atoms with E-state index in [1.807, 2.05) is 24.3 Å². The summed E-state index contributed by atoms with van der Waals surface area (Å²) in [5, 5.41) is 2.85. The molecule has 3 N–H and O–H groups in total. The average Bonchev–Trinajstić information content (AvgIpc) is 2.70. The second-order valence-corrected chi connectivity index (χ2v) is 6.95. The number of para-hydroxylation sites is 1. The third-order valence-corrected chi connectivity index (χ3v) is 4.49. The van der Waals surface area contributed by atoms with Crippen LogP contribution in [0.5, 0.6) is 5.75 Å². The number of thiocarbonyl (C=S) groups is 1. The van der Waals surface area contributed by atoms with E-state index in [0.29, 0.717) is 22.3 Å². The molecule has 0 saturated heterocycles. The van der Waals surface area contributed by atoms with Crippen LogP contribution in [0.15, 0.2) is 48.5 Å². The fraction of sp³-hybridized carbons (Fsp3) is 0.250. The number of carbonyl (C=O) groups excluding carboxylic acids is 2. The molecule has 2 rings (SSSR count). The molecule has 8 heteroatoms. The van der Waals surface area contributed by atoms with Crippen molar-refractivity contribution in [3.05, 3.63) is 64.7 Å². The van der Waals surface area contributed by atoms with Gasteiger partial charge in [0.1, 0.15) is 5.75 Å². The Balaban J connectivity index is 1.80. The van der Waals surface area contributed by atoms with Gasteiger partial charge in [-0.1, -0.05) is 49.7 Å². The average molecular weight is 420 g/mol. The zero-order valence-electron chi connectivity index (χ0n) is 15.6. The Labute approximate surface area is 174 Å². The lowest BCUT2D eigenvalue weighted by Crippen LogP contribution is -2.49. The number of hydrazine groups is 1. The van der Waals surface area contributed by atoms with E-state index in [1.165, 1.54) is 6.07 Å². The normalized spacial score (nSPS) is 11.2. The van der Waals surface area contributed by atoms with Crippen LogP contribution in [0.2, 0.25) is 5.02 Å². The van der Waals surface area contributed by atoms with Crippen molar-refractivity contribution in [3.8, 4) is 5.75 Å². The van der Waals surface area contributed by atoms with Crippen LogP contribution in [-0.4, -0.2) is 23.5 Å².